The van der Waals surface area contributed by atoms with E-state index in [0.717, 1.165) is 19.6 Å². The number of fused-ring (bicyclic) bond motifs is 1. The summed E-state index contributed by atoms with van der Waals surface area (Å²) in [5.41, 5.74) is 4.28. The van der Waals surface area contributed by atoms with Gasteiger partial charge in [0.15, 0.2) is 0 Å². The van der Waals surface area contributed by atoms with Gasteiger partial charge in [-0.25, -0.2) is 0 Å². The van der Waals surface area contributed by atoms with Crippen LogP contribution in [0.1, 0.15) is 29.8 Å². The van der Waals surface area contributed by atoms with Gasteiger partial charge < -0.3 is 4.57 Å². The molecule has 1 aliphatic heterocycles. The molecule has 0 spiro atoms. The SMILES string of the molecule is Cc1ccccc1CN1CCn2cccc2[C@@H]1C. The molecule has 1 aromatic carbocycles. The molecule has 2 nitrogen and oxygen atoms in total. The highest BCUT2D eigenvalue weighted by molar-refractivity contribution is 5.26. The Morgan fingerprint density at radius 3 is 2.78 bits per heavy atom. The first-order chi connectivity index (χ1) is 8.75. The van der Waals surface area contributed by atoms with E-state index in [9.17, 15) is 0 Å². The van der Waals surface area contributed by atoms with Crippen molar-refractivity contribution in [3.05, 3.63) is 59.4 Å². The third-order valence-corrected chi connectivity index (χ3v) is 4.10. The van der Waals surface area contributed by atoms with Crippen molar-refractivity contribution < 1.29 is 0 Å². The monoisotopic (exact) mass is 240 g/mol. The third kappa shape index (κ3) is 1.97. The average molecular weight is 240 g/mol. The number of nitrogens with zero attached hydrogens (tertiary/aromatic N) is 2. The molecule has 0 saturated carbocycles. The summed E-state index contributed by atoms with van der Waals surface area (Å²) in [6, 6.07) is 13.6. The molecule has 3 rings (SSSR count). The van der Waals surface area contributed by atoms with E-state index in [4.69, 9.17) is 0 Å². The van der Waals surface area contributed by atoms with Crippen LogP contribution >= 0.6 is 0 Å². The van der Waals surface area contributed by atoms with Crippen LogP contribution in [0.3, 0.4) is 0 Å². The molecule has 2 heterocycles. The molecule has 0 unspecified atom stereocenters. The molecule has 94 valence electrons. The van der Waals surface area contributed by atoms with Gasteiger partial charge >= 0.3 is 0 Å². The van der Waals surface area contributed by atoms with Gasteiger partial charge in [-0.05, 0) is 37.1 Å². The summed E-state index contributed by atoms with van der Waals surface area (Å²) in [5, 5.41) is 0. The highest BCUT2D eigenvalue weighted by atomic mass is 15.2. The maximum atomic E-state index is 2.57. The Bertz CT molecular complexity index is 542. The Hall–Kier alpha value is -1.54. The van der Waals surface area contributed by atoms with Gasteiger partial charge in [-0.1, -0.05) is 24.3 Å². The second-order valence-electron chi connectivity index (χ2n) is 5.20. The summed E-state index contributed by atoms with van der Waals surface area (Å²) in [6.45, 7) is 7.81. The predicted molar refractivity (Wildman–Crippen MR) is 74.4 cm³/mol. The van der Waals surface area contributed by atoms with Gasteiger partial charge in [0.25, 0.3) is 0 Å². The van der Waals surface area contributed by atoms with Gasteiger partial charge in [0.05, 0.1) is 0 Å². The molecule has 2 aromatic rings. The number of benzene rings is 1. The number of aryl methyl sites for hydroxylation is 1. The largest absolute Gasteiger partial charge is 0.349 e. The van der Waals surface area contributed by atoms with Crippen molar-refractivity contribution in [2.75, 3.05) is 6.54 Å². The van der Waals surface area contributed by atoms with Crippen molar-refractivity contribution >= 4 is 0 Å². The molecule has 0 radical (unpaired) electrons. The van der Waals surface area contributed by atoms with Crippen molar-refractivity contribution in [2.45, 2.75) is 33.0 Å². The molecule has 0 amide bonds. The lowest BCUT2D eigenvalue weighted by Crippen LogP contribution is -2.36. The molecule has 2 heteroatoms. The van der Waals surface area contributed by atoms with E-state index in [1.807, 2.05) is 0 Å². The Labute approximate surface area is 109 Å². The highest BCUT2D eigenvalue weighted by Gasteiger charge is 2.23. The Kier molecular flexibility index (Phi) is 2.96. The van der Waals surface area contributed by atoms with Crippen molar-refractivity contribution in [2.24, 2.45) is 0 Å². The van der Waals surface area contributed by atoms with Crippen LogP contribution < -0.4 is 0 Å². The number of hydrogen-bond donors (Lipinski definition) is 0. The zero-order valence-corrected chi connectivity index (χ0v) is 11.1. The molecule has 1 aliphatic rings. The molecule has 1 atom stereocenters. The van der Waals surface area contributed by atoms with Crippen molar-refractivity contribution in [1.82, 2.24) is 9.47 Å². The van der Waals surface area contributed by atoms with E-state index in [1.165, 1.54) is 16.8 Å². The fourth-order valence-corrected chi connectivity index (χ4v) is 2.85. The lowest BCUT2D eigenvalue weighted by atomic mass is 10.1. The van der Waals surface area contributed by atoms with Gasteiger partial charge in [-0.3, -0.25) is 4.90 Å². The molecular weight excluding hydrogens is 220 g/mol. The summed E-state index contributed by atoms with van der Waals surface area (Å²) < 4.78 is 2.37. The Morgan fingerprint density at radius 1 is 1.11 bits per heavy atom. The van der Waals surface area contributed by atoms with Crippen LogP contribution in [0.25, 0.3) is 0 Å². The number of hydrogen-bond acceptors (Lipinski definition) is 1. The molecule has 1 aromatic heterocycles. The second-order valence-corrected chi connectivity index (χ2v) is 5.20. The fourth-order valence-electron chi connectivity index (χ4n) is 2.85. The third-order valence-electron chi connectivity index (χ3n) is 4.10. The van der Waals surface area contributed by atoms with Crippen LogP contribution in [0, 0.1) is 6.92 Å². The van der Waals surface area contributed by atoms with Crippen LogP contribution in [0.2, 0.25) is 0 Å². The average Bonchev–Trinajstić information content (AvgIpc) is 2.84. The molecule has 18 heavy (non-hydrogen) atoms. The topological polar surface area (TPSA) is 8.17 Å². The van der Waals surface area contributed by atoms with Gasteiger partial charge in [0, 0.05) is 37.6 Å². The second kappa shape index (κ2) is 4.62. The first-order valence-corrected chi connectivity index (χ1v) is 6.69. The maximum absolute atomic E-state index is 2.57. The Morgan fingerprint density at radius 2 is 1.94 bits per heavy atom. The highest BCUT2D eigenvalue weighted by Crippen LogP contribution is 2.27. The van der Waals surface area contributed by atoms with Crippen LogP contribution in [0.4, 0.5) is 0 Å². The summed E-state index contributed by atoms with van der Waals surface area (Å²) in [6.07, 6.45) is 2.19. The quantitative estimate of drug-likeness (QED) is 0.781. The smallest absolute Gasteiger partial charge is 0.0476 e. The van der Waals surface area contributed by atoms with E-state index in [0.29, 0.717) is 6.04 Å². The molecule has 0 saturated heterocycles. The van der Waals surface area contributed by atoms with Gasteiger partial charge in [-0.2, -0.15) is 0 Å². The molecule has 0 N–H and O–H groups in total. The van der Waals surface area contributed by atoms with Crippen LogP contribution in [-0.4, -0.2) is 16.0 Å². The lowest BCUT2D eigenvalue weighted by molar-refractivity contribution is 0.160. The van der Waals surface area contributed by atoms with Gasteiger partial charge in [0.2, 0.25) is 0 Å². The van der Waals surface area contributed by atoms with Crippen molar-refractivity contribution in [3.8, 4) is 0 Å². The fraction of sp³-hybridized carbons (Fsp3) is 0.375. The maximum Gasteiger partial charge on any atom is 0.0476 e. The summed E-state index contributed by atoms with van der Waals surface area (Å²) >= 11 is 0. The van der Waals surface area contributed by atoms with E-state index in [2.05, 4.69) is 65.9 Å². The first kappa shape index (κ1) is 11.5. The Balaban J connectivity index is 1.81. The van der Waals surface area contributed by atoms with E-state index in [-0.39, 0.29) is 0 Å². The van der Waals surface area contributed by atoms with E-state index in [1.54, 1.807) is 0 Å². The standard InChI is InChI=1S/C16H20N2/c1-13-6-3-4-7-15(13)12-18-11-10-17-9-5-8-16(17)14(18)2/h3-9,14H,10-12H2,1-2H3/t14-/m0/s1. The molecule has 0 bridgehead atoms. The molecule has 0 aliphatic carbocycles. The minimum absolute atomic E-state index is 0.508. The van der Waals surface area contributed by atoms with Crippen LogP contribution in [0.15, 0.2) is 42.6 Å². The number of aromatic nitrogens is 1. The van der Waals surface area contributed by atoms with E-state index >= 15 is 0 Å². The van der Waals surface area contributed by atoms with Crippen LogP contribution in [-0.2, 0) is 13.1 Å². The van der Waals surface area contributed by atoms with E-state index < -0.39 is 0 Å². The number of rotatable bonds is 2. The van der Waals surface area contributed by atoms with Gasteiger partial charge in [-0.15, -0.1) is 0 Å². The predicted octanol–water partition coefficient (Wildman–Crippen LogP) is 3.37. The minimum Gasteiger partial charge on any atom is -0.349 e. The summed E-state index contributed by atoms with van der Waals surface area (Å²) in [4.78, 5) is 2.57. The van der Waals surface area contributed by atoms with Gasteiger partial charge in [0.1, 0.15) is 0 Å². The zero-order valence-electron chi connectivity index (χ0n) is 11.1. The lowest BCUT2D eigenvalue weighted by Gasteiger charge is -2.35. The first-order valence-electron chi connectivity index (χ1n) is 6.69. The van der Waals surface area contributed by atoms with Crippen LogP contribution in [0.5, 0.6) is 0 Å². The zero-order chi connectivity index (χ0) is 12.5. The molecular formula is C16H20N2. The normalized spacial score (nSPS) is 19.8. The van der Waals surface area contributed by atoms with Crippen molar-refractivity contribution in [3.63, 3.8) is 0 Å². The summed E-state index contributed by atoms with van der Waals surface area (Å²) in [7, 11) is 0. The molecule has 0 fully saturated rings. The minimum atomic E-state index is 0.508. The van der Waals surface area contributed by atoms with Crippen molar-refractivity contribution in [1.29, 1.82) is 0 Å². The summed E-state index contributed by atoms with van der Waals surface area (Å²) in [5.74, 6) is 0.